The Morgan fingerprint density at radius 3 is 2.40 bits per heavy atom. The number of aryl methyl sites for hydroxylation is 1. The van der Waals surface area contributed by atoms with E-state index in [0.29, 0.717) is 12.8 Å². The number of esters is 1. The normalized spacial score (nSPS) is 12.4. The van der Waals surface area contributed by atoms with Gasteiger partial charge in [-0.1, -0.05) is 42.3 Å². The van der Waals surface area contributed by atoms with E-state index in [9.17, 15) is 4.79 Å². The second-order valence-electron chi connectivity index (χ2n) is 4.71. The van der Waals surface area contributed by atoms with Crippen LogP contribution in [0.5, 0.6) is 0 Å². The van der Waals surface area contributed by atoms with Gasteiger partial charge in [0.05, 0.1) is 12.8 Å². The monoisotopic (exact) mass is 273 g/mol. The number of ether oxygens (including phenoxy) is 1. The zero-order valence-electron chi connectivity index (χ0n) is 12.8. The fraction of sp³-hybridized carbons (Fsp3) is 0.412. The Bertz CT molecular complexity index is 498. The molecule has 0 saturated heterocycles. The molecule has 20 heavy (non-hydrogen) atoms. The number of allylic oxidation sites excluding steroid dienone is 2. The minimum atomic E-state index is -0.172. The molecule has 1 aromatic rings. The highest BCUT2D eigenvalue weighted by Gasteiger charge is 2.05. The maximum atomic E-state index is 11.2. The number of aliphatic imine (C=N–C) groups is 1. The molecule has 0 saturated carbocycles. The molecule has 0 aliphatic carbocycles. The molecule has 3 nitrogen and oxygen atoms in total. The van der Waals surface area contributed by atoms with Crippen LogP contribution in [0.3, 0.4) is 0 Å². The van der Waals surface area contributed by atoms with Gasteiger partial charge < -0.3 is 4.74 Å². The molecule has 0 spiro atoms. The maximum Gasteiger partial charge on any atom is 0.305 e. The maximum absolute atomic E-state index is 11.2. The topological polar surface area (TPSA) is 38.7 Å². The Hall–Kier alpha value is -1.90. The van der Waals surface area contributed by atoms with E-state index in [1.807, 2.05) is 0 Å². The lowest BCUT2D eigenvalue weighted by atomic mass is 10.0. The van der Waals surface area contributed by atoms with Crippen molar-refractivity contribution in [1.29, 1.82) is 0 Å². The van der Waals surface area contributed by atoms with Gasteiger partial charge in [0.2, 0.25) is 0 Å². The number of hydrogen-bond donors (Lipinski definition) is 0. The molecule has 0 fully saturated rings. The summed E-state index contributed by atoms with van der Waals surface area (Å²) < 4.78 is 4.68. The van der Waals surface area contributed by atoms with Crippen molar-refractivity contribution in [3.8, 4) is 0 Å². The third kappa shape index (κ3) is 5.00. The standard InChI is InChI=1S/C17H23NO2/c1-5-14(8-11-17(19)20-4)12-16(18-3)15-9-6-13(2)7-10-15/h6-7,9-10,12H,5,8,11H2,1-4H3/b14-12-,18-16?. The van der Waals surface area contributed by atoms with Crippen molar-refractivity contribution in [3.63, 3.8) is 0 Å². The Kier molecular flexibility index (Phi) is 6.71. The van der Waals surface area contributed by atoms with Crippen LogP contribution in [0.1, 0.15) is 37.3 Å². The van der Waals surface area contributed by atoms with Crippen molar-refractivity contribution in [3.05, 3.63) is 47.0 Å². The molecular formula is C17H23NO2. The van der Waals surface area contributed by atoms with Crippen LogP contribution in [-0.4, -0.2) is 25.8 Å². The first-order valence-corrected chi connectivity index (χ1v) is 6.90. The van der Waals surface area contributed by atoms with Gasteiger partial charge in [-0.05, 0) is 31.4 Å². The summed E-state index contributed by atoms with van der Waals surface area (Å²) in [5.41, 5.74) is 4.49. The van der Waals surface area contributed by atoms with Crippen LogP contribution in [0, 0.1) is 6.92 Å². The van der Waals surface area contributed by atoms with Crippen molar-refractivity contribution < 1.29 is 9.53 Å². The van der Waals surface area contributed by atoms with Crippen LogP contribution in [0.25, 0.3) is 0 Å². The Morgan fingerprint density at radius 1 is 1.25 bits per heavy atom. The first-order chi connectivity index (χ1) is 9.60. The Morgan fingerprint density at radius 2 is 1.90 bits per heavy atom. The molecule has 0 radical (unpaired) electrons. The summed E-state index contributed by atoms with van der Waals surface area (Å²) in [5.74, 6) is -0.172. The van der Waals surface area contributed by atoms with Crippen molar-refractivity contribution in [2.24, 2.45) is 4.99 Å². The molecule has 0 atom stereocenters. The zero-order chi connectivity index (χ0) is 15.0. The van der Waals surface area contributed by atoms with E-state index < -0.39 is 0 Å². The number of hydrogen-bond acceptors (Lipinski definition) is 3. The molecular weight excluding hydrogens is 250 g/mol. The molecule has 0 bridgehead atoms. The van der Waals surface area contributed by atoms with Crippen molar-refractivity contribution in [1.82, 2.24) is 0 Å². The molecule has 0 unspecified atom stereocenters. The Balaban J connectivity index is 2.85. The van der Waals surface area contributed by atoms with Gasteiger partial charge in [0.25, 0.3) is 0 Å². The van der Waals surface area contributed by atoms with Gasteiger partial charge in [-0.3, -0.25) is 9.79 Å². The van der Waals surface area contributed by atoms with E-state index >= 15 is 0 Å². The van der Waals surface area contributed by atoms with Crippen LogP contribution in [-0.2, 0) is 9.53 Å². The van der Waals surface area contributed by atoms with E-state index in [4.69, 9.17) is 0 Å². The minimum Gasteiger partial charge on any atom is -0.469 e. The van der Waals surface area contributed by atoms with Crippen molar-refractivity contribution in [2.45, 2.75) is 33.1 Å². The zero-order valence-corrected chi connectivity index (χ0v) is 12.8. The smallest absolute Gasteiger partial charge is 0.305 e. The average Bonchev–Trinajstić information content (AvgIpc) is 2.48. The van der Waals surface area contributed by atoms with Crippen molar-refractivity contribution in [2.75, 3.05) is 14.2 Å². The third-order valence-electron chi connectivity index (χ3n) is 3.26. The van der Waals surface area contributed by atoms with Crippen LogP contribution in [0.2, 0.25) is 0 Å². The molecule has 0 aromatic heterocycles. The van der Waals surface area contributed by atoms with Crippen LogP contribution >= 0.6 is 0 Å². The molecule has 0 aliphatic heterocycles. The largest absolute Gasteiger partial charge is 0.469 e. The molecule has 0 heterocycles. The fourth-order valence-corrected chi connectivity index (χ4v) is 1.91. The van der Waals surface area contributed by atoms with E-state index in [0.717, 1.165) is 17.7 Å². The number of carbonyl (C=O) groups is 1. The van der Waals surface area contributed by atoms with Crippen LogP contribution in [0.4, 0.5) is 0 Å². The second kappa shape index (κ2) is 8.31. The van der Waals surface area contributed by atoms with Gasteiger partial charge in [-0.15, -0.1) is 0 Å². The lowest BCUT2D eigenvalue weighted by molar-refractivity contribution is -0.140. The summed E-state index contributed by atoms with van der Waals surface area (Å²) >= 11 is 0. The molecule has 0 aliphatic rings. The number of carbonyl (C=O) groups excluding carboxylic acids is 1. The summed E-state index contributed by atoms with van der Waals surface area (Å²) in [6.07, 6.45) is 4.12. The predicted molar refractivity (Wildman–Crippen MR) is 83.3 cm³/mol. The van der Waals surface area contributed by atoms with Gasteiger partial charge >= 0.3 is 5.97 Å². The predicted octanol–water partition coefficient (Wildman–Crippen LogP) is 3.70. The molecule has 3 heteroatoms. The van der Waals surface area contributed by atoms with Crippen molar-refractivity contribution >= 4 is 11.7 Å². The first-order valence-electron chi connectivity index (χ1n) is 6.90. The van der Waals surface area contributed by atoms with Gasteiger partial charge in [-0.25, -0.2) is 0 Å². The summed E-state index contributed by atoms with van der Waals surface area (Å²) in [5, 5.41) is 0. The van der Waals surface area contributed by atoms with Gasteiger partial charge in [-0.2, -0.15) is 0 Å². The van der Waals surface area contributed by atoms with E-state index in [-0.39, 0.29) is 5.97 Å². The molecule has 0 amide bonds. The molecule has 1 aromatic carbocycles. The SMILES string of the molecule is CC/C(=C/C(=NC)c1ccc(C)cc1)CCC(=O)OC. The molecule has 1 rings (SSSR count). The van der Waals surface area contributed by atoms with Crippen LogP contribution < -0.4 is 0 Å². The summed E-state index contributed by atoms with van der Waals surface area (Å²) in [7, 11) is 3.21. The van der Waals surface area contributed by atoms with Gasteiger partial charge in [0.1, 0.15) is 0 Å². The van der Waals surface area contributed by atoms with E-state index in [1.165, 1.54) is 18.2 Å². The van der Waals surface area contributed by atoms with E-state index in [1.54, 1.807) is 7.05 Å². The fourth-order valence-electron chi connectivity index (χ4n) is 1.91. The number of rotatable bonds is 6. The lowest BCUT2D eigenvalue weighted by Crippen LogP contribution is -2.03. The summed E-state index contributed by atoms with van der Waals surface area (Å²) in [6, 6.07) is 8.30. The highest BCUT2D eigenvalue weighted by molar-refractivity contribution is 6.09. The molecule has 0 N–H and O–H groups in total. The number of methoxy groups -OCH3 is 1. The first kappa shape index (κ1) is 16.2. The third-order valence-corrected chi connectivity index (χ3v) is 3.26. The average molecular weight is 273 g/mol. The summed E-state index contributed by atoms with van der Waals surface area (Å²) in [6.45, 7) is 4.15. The van der Waals surface area contributed by atoms with Gasteiger partial charge in [0.15, 0.2) is 0 Å². The minimum absolute atomic E-state index is 0.172. The lowest BCUT2D eigenvalue weighted by Gasteiger charge is -2.07. The van der Waals surface area contributed by atoms with Gasteiger partial charge in [0, 0.05) is 13.5 Å². The second-order valence-corrected chi connectivity index (χ2v) is 4.71. The Labute approximate surface area is 121 Å². The highest BCUT2D eigenvalue weighted by atomic mass is 16.5. The highest BCUT2D eigenvalue weighted by Crippen LogP contribution is 2.14. The quantitative estimate of drug-likeness (QED) is 0.585. The van der Waals surface area contributed by atoms with Crippen LogP contribution in [0.15, 0.2) is 40.9 Å². The number of nitrogens with zero attached hydrogens (tertiary/aromatic N) is 1. The molecule has 108 valence electrons. The number of benzene rings is 1. The summed E-state index contributed by atoms with van der Waals surface area (Å²) in [4.78, 5) is 15.6. The van der Waals surface area contributed by atoms with E-state index in [2.05, 4.69) is 53.9 Å².